The predicted octanol–water partition coefficient (Wildman–Crippen LogP) is 8.37. The van der Waals surface area contributed by atoms with Gasteiger partial charge in [0, 0.05) is 50.1 Å². The molecule has 0 radical (unpaired) electrons. The van der Waals surface area contributed by atoms with E-state index in [0.717, 1.165) is 42.7 Å². The number of anilines is 4. The molecule has 4 aromatic rings. The monoisotopic (exact) mass is 696 g/mol. The minimum atomic E-state index is -0.666. The summed E-state index contributed by atoms with van der Waals surface area (Å²) in [5, 5.41) is 3.06. The van der Waals surface area contributed by atoms with Crippen LogP contribution < -0.4 is 19.7 Å². The number of amides is 2. The minimum absolute atomic E-state index is 0.0760. The first-order valence-corrected chi connectivity index (χ1v) is 17.9. The van der Waals surface area contributed by atoms with Gasteiger partial charge in [-0.2, -0.15) is 4.98 Å². The number of piperidine rings is 1. The smallest absolute Gasteiger partial charge is 0.425 e. The fraction of sp³-hybridized carbons (Fsp3) is 0.400. The van der Waals surface area contributed by atoms with Crippen molar-refractivity contribution in [3.05, 3.63) is 95.4 Å². The zero-order valence-corrected chi connectivity index (χ0v) is 30.2. The van der Waals surface area contributed by atoms with Crippen LogP contribution in [0.5, 0.6) is 11.5 Å². The molecule has 10 nitrogen and oxygen atoms in total. The zero-order valence-electron chi connectivity index (χ0n) is 30.2. The van der Waals surface area contributed by atoms with Crippen molar-refractivity contribution in [2.45, 2.75) is 66.2 Å². The Morgan fingerprint density at radius 3 is 2.41 bits per heavy atom. The number of aryl methyl sites for hydroxylation is 3. The Labute approximate surface area is 300 Å². The van der Waals surface area contributed by atoms with E-state index in [2.05, 4.69) is 20.2 Å². The molecule has 1 aliphatic heterocycles. The summed E-state index contributed by atoms with van der Waals surface area (Å²) >= 11 is 0. The highest BCUT2D eigenvalue weighted by atomic mass is 19.1. The van der Waals surface area contributed by atoms with Crippen molar-refractivity contribution in [3.63, 3.8) is 0 Å². The van der Waals surface area contributed by atoms with E-state index in [4.69, 9.17) is 9.47 Å². The van der Waals surface area contributed by atoms with Crippen LogP contribution in [0.1, 0.15) is 62.6 Å². The lowest BCUT2D eigenvalue weighted by Gasteiger charge is -2.26. The third kappa shape index (κ3) is 10.3. The van der Waals surface area contributed by atoms with Gasteiger partial charge in [-0.05, 0) is 107 Å². The Bertz CT molecular complexity index is 1760. The number of aromatic nitrogens is 2. The molecule has 1 fully saturated rings. The lowest BCUT2D eigenvalue weighted by atomic mass is 10.1. The number of carbonyl (C=O) groups is 2. The summed E-state index contributed by atoms with van der Waals surface area (Å²) in [5.41, 5.74) is 3.45. The van der Waals surface area contributed by atoms with E-state index < -0.39 is 11.9 Å². The molecule has 0 saturated carbocycles. The highest BCUT2D eigenvalue weighted by Gasteiger charge is 2.24. The number of likely N-dealkylation sites (tertiary alicyclic amines) is 1. The fourth-order valence-corrected chi connectivity index (χ4v) is 6.27. The molecule has 0 unspecified atom stereocenters. The van der Waals surface area contributed by atoms with E-state index in [1.54, 1.807) is 29.2 Å². The third-order valence-corrected chi connectivity index (χ3v) is 9.08. The second-order valence-corrected chi connectivity index (χ2v) is 12.8. The summed E-state index contributed by atoms with van der Waals surface area (Å²) in [6.07, 6.45) is 6.30. The molecular weight excluding hydrogens is 647 g/mol. The van der Waals surface area contributed by atoms with Crippen molar-refractivity contribution in [1.82, 2.24) is 19.8 Å². The largest absolute Gasteiger partial charge is 0.490 e. The Morgan fingerprint density at radius 1 is 0.941 bits per heavy atom. The molecule has 1 saturated heterocycles. The Morgan fingerprint density at radius 2 is 1.69 bits per heavy atom. The van der Waals surface area contributed by atoms with E-state index >= 15 is 4.39 Å². The second-order valence-electron chi connectivity index (χ2n) is 12.8. The van der Waals surface area contributed by atoms with Gasteiger partial charge in [0.15, 0.2) is 11.6 Å². The summed E-state index contributed by atoms with van der Waals surface area (Å²) in [6, 6.07) is 19.3. The molecule has 0 spiro atoms. The number of para-hydroxylation sites is 1. The number of rotatable bonds is 15. The van der Waals surface area contributed by atoms with Gasteiger partial charge in [0.25, 0.3) is 0 Å². The van der Waals surface area contributed by atoms with Gasteiger partial charge in [0.05, 0.1) is 12.3 Å². The number of halogens is 1. The van der Waals surface area contributed by atoms with Crippen molar-refractivity contribution in [2.24, 2.45) is 0 Å². The van der Waals surface area contributed by atoms with E-state index in [1.807, 2.05) is 64.1 Å². The quantitative estimate of drug-likeness (QED) is 0.124. The van der Waals surface area contributed by atoms with Gasteiger partial charge in [-0.15, -0.1) is 0 Å². The molecule has 2 amide bonds. The maximum Gasteiger partial charge on any atom is 0.425 e. The molecule has 0 aliphatic carbocycles. The number of hydrogen-bond acceptors (Lipinski definition) is 8. The first kappa shape index (κ1) is 37.2. The summed E-state index contributed by atoms with van der Waals surface area (Å²) in [4.78, 5) is 41.3. The molecular formula is C40H49FN6O4. The predicted molar refractivity (Wildman–Crippen MR) is 199 cm³/mol. The highest BCUT2D eigenvalue weighted by molar-refractivity contribution is 5.96. The SMILES string of the molecule is CCN(CC)C(=O)CCc1cccc(N(C(=O)Oc2c(C)cccc2C)c2ccnc(Nc3ccc(OCCCN4CCCCC4)c(F)c3)n2)c1. The Kier molecular flexibility index (Phi) is 13.3. The number of benzene rings is 3. The van der Waals surface area contributed by atoms with Crippen LogP contribution >= 0.6 is 0 Å². The minimum Gasteiger partial charge on any atom is -0.490 e. The summed E-state index contributed by atoms with van der Waals surface area (Å²) in [7, 11) is 0. The van der Waals surface area contributed by atoms with E-state index in [0.29, 0.717) is 49.7 Å². The number of nitrogens with zero attached hydrogens (tertiary/aromatic N) is 5. The molecule has 2 heterocycles. The van der Waals surface area contributed by atoms with E-state index in [-0.39, 0.29) is 23.4 Å². The van der Waals surface area contributed by atoms with Crippen LogP contribution in [-0.4, -0.2) is 71.1 Å². The summed E-state index contributed by atoms with van der Waals surface area (Å²) in [5.74, 6) is 0.636. The van der Waals surface area contributed by atoms with Gasteiger partial charge in [0.1, 0.15) is 11.6 Å². The molecule has 1 aliphatic rings. The van der Waals surface area contributed by atoms with Crippen LogP contribution in [0.3, 0.4) is 0 Å². The van der Waals surface area contributed by atoms with Gasteiger partial charge < -0.3 is 24.6 Å². The van der Waals surface area contributed by atoms with E-state index in [9.17, 15) is 9.59 Å². The van der Waals surface area contributed by atoms with Crippen LogP contribution in [0.4, 0.5) is 32.3 Å². The Hall–Kier alpha value is -5.03. The van der Waals surface area contributed by atoms with Gasteiger partial charge in [-0.3, -0.25) is 4.79 Å². The maximum atomic E-state index is 15.1. The van der Waals surface area contributed by atoms with Crippen LogP contribution in [0.25, 0.3) is 0 Å². The number of ether oxygens (including phenoxy) is 2. The van der Waals surface area contributed by atoms with Crippen molar-refractivity contribution in [2.75, 3.05) is 49.5 Å². The molecule has 51 heavy (non-hydrogen) atoms. The average molecular weight is 697 g/mol. The fourth-order valence-electron chi connectivity index (χ4n) is 6.27. The van der Waals surface area contributed by atoms with Crippen molar-refractivity contribution < 1.29 is 23.5 Å². The van der Waals surface area contributed by atoms with Gasteiger partial charge in [-0.25, -0.2) is 19.1 Å². The first-order valence-electron chi connectivity index (χ1n) is 17.9. The number of carbonyl (C=O) groups excluding carboxylic acids is 2. The standard InChI is InChI=1S/C40H49FN6O4/c1-5-46(6-2)37(48)20-17-31-15-11-16-33(27-31)47(40(49)51-38-29(3)13-10-14-30(38)4)36-21-22-42-39(44-36)43-32-18-19-35(34(41)28-32)50-26-12-25-45-23-8-7-9-24-45/h10-11,13-16,18-19,21-22,27-28H,5-9,12,17,20,23-26H2,1-4H3,(H,42,43,44). The van der Waals surface area contributed by atoms with Crippen molar-refractivity contribution in [1.29, 1.82) is 0 Å². The normalized spacial score (nSPS) is 13.0. The van der Waals surface area contributed by atoms with Crippen LogP contribution in [0, 0.1) is 19.7 Å². The van der Waals surface area contributed by atoms with Crippen molar-refractivity contribution >= 4 is 35.1 Å². The molecule has 270 valence electrons. The molecule has 11 heteroatoms. The van der Waals surface area contributed by atoms with Gasteiger partial charge >= 0.3 is 6.09 Å². The van der Waals surface area contributed by atoms with E-state index in [1.165, 1.54) is 36.4 Å². The highest BCUT2D eigenvalue weighted by Crippen LogP contribution is 2.31. The number of hydrogen-bond donors (Lipinski definition) is 1. The molecule has 1 aromatic heterocycles. The second kappa shape index (κ2) is 18.3. The summed E-state index contributed by atoms with van der Waals surface area (Å²) in [6.45, 7) is 12.6. The zero-order chi connectivity index (χ0) is 36.2. The first-order chi connectivity index (χ1) is 24.7. The molecule has 5 rings (SSSR count). The number of nitrogens with one attached hydrogen (secondary N) is 1. The average Bonchev–Trinajstić information content (AvgIpc) is 3.13. The van der Waals surface area contributed by atoms with Crippen molar-refractivity contribution in [3.8, 4) is 11.5 Å². The third-order valence-electron chi connectivity index (χ3n) is 9.08. The molecule has 0 atom stereocenters. The van der Waals surface area contributed by atoms with Crippen LogP contribution in [0.15, 0.2) is 72.9 Å². The molecule has 1 N–H and O–H groups in total. The van der Waals surface area contributed by atoms with Crippen LogP contribution in [-0.2, 0) is 11.2 Å². The maximum absolute atomic E-state index is 15.1. The van der Waals surface area contributed by atoms with Gasteiger partial charge in [-0.1, -0.05) is 36.8 Å². The summed E-state index contributed by atoms with van der Waals surface area (Å²) < 4.78 is 26.8. The molecule has 3 aromatic carbocycles. The lowest BCUT2D eigenvalue weighted by Crippen LogP contribution is -2.31. The molecule has 0 bridgehead atoms. The van der Waals surface area contributed by atoms with Crippen LogP contribution in [0.2, 0.25) is 0 Å². The van der Waals surface area contributed by atoms with Gasteiger partial charge in [0.2, 0.25) is 11.9 Å². The lowest BCUT2D eigenvalue weighted by molar-refractivity contribution is -0.130. The Balaban J connectivity index is 1.34. The topological polar surface area (TPSA) is 100 Å².